The molecule has 0 aliphatic carbocycles. The molecule has 2 aromatic carbocycles. The monoisotopic (exact) mass is 523 g/mol. The van der Waals surface area contributed by atoms with E-state index in [1.807, 2.05) is 30.3 Å². The van der Waals surface area contributed by atoms with Crippen molar-refractivity contribution >= 4 is 28.3 Å². The van der Waals surface area contributed by atoms with Crippen molar-refractivity contribution in [1.82, 2.24) is 9.97 Å². The summed E-state index contributed by atoms with van der Waals surface area (Å²) in [5.74, 6) is -3.98. The van der Waals surface area contributed by atoms with Gasteiger partial charge in [-0.2, -0.15) is 0 Å². The van der Waals surface area contributed by atoms with Crippen LogP contribution in [-0.2, 0) is 16.0 Å². The van der Waals surface area contributed by atoms with Gasteiger partial charge in [-0.1, -0.05) is 30.3 Å². The lowest BCUT2D eigenvalue weighted by molar-refractivity contribution is -0.140. The highest BCUT2D eigenvalue weighted by atomic mass is 32.1. The van der Waals surface area contributed by atoms with Crippen molar-refractivity contribution in [3.8, 4) is 28.3 Å². The van der Waals surface area contributed by atoms with E-state index in [4.69, 9.17) is 4.74 Å². The number of carbonyl (C=O) groups is 2. The summed E-state index contributed by atoms with van der Waals surface area (Å²) in [7, 11) is 2.99. The van der Waals surface area contributed by atoms with Gasteiger partial charge < -0.3 is 9.84 Å². The van der Waals surface area contributed by atoms with Crippen LogP contribution in [0.25, 0.3) is 22.4 Å². The van der Waals surface area contributed by atoms with Gasteiger partial charge in [0.1, 0.15) is 0 Å². The third-order valence-corrected chi connectivity index (χ3v) is 6.71. The van der Waals surface area contributed by atoms with E-state index in [0.717, 1.165) is 29.0 Å². The molecule has 0 fully saturated rings. The number of anilines is 1. The van der Waals surface area contributed by atoms with Crippen LogP contribution in [0.15, 0.2) is 66.2 Å². The fourth-order valence-corrected chi connectivity index (χ4v) is 4.72. The Bertz CT molecular complexity index is 1410. The number of aliphatic carboxylic acids is 1. The van der Waals surface area contributed by atoms with E-state index in [1.165, 1.54) is 25.3 Å². The van der Waals surface area contributed by atoms with Gasteiger partial charge in [0.15, 0.2) is 16.8 Å². The first-order chi connectivity index (χ1) is 17.8. The molecule has 2 heterocycles. The summed E-state index contributed by atoms with van der Waals surface area (Å²) in [5.41, 5.74) is 2.39. The molecule has 1 amide bonds. The standard InChI is InChI=1S/C27H23F2N3O4S/c1-32(26(35)18(11-25(33)34)10-16-6-4-3-5-7-16)27-31-23(15-37-27)20-13-22(29)21(28)12-19(20)17-8-9-24(36-2)30-14-17/h3-9,12-15,18H,10-11H2,1-2H3,(H,33,34)/t18-/m1/s1. The van der Waals surface area contributed by atoms with Crippen LogP contribution in [0.4, 0.5) is 13.9 Å². The normalized spacial score (nSPS) is 11.7. The minimum Gasteiger partial charge on any atom is -0.481 e. The van der Waals surface area contributed by atoms with Gasteiger partial charge in [0.25, 0.3) is 0 Å². The van der Waals surface area contributed by atoms with Crippen molar-refractivity contribution < 1.29 is 28.2 Å². The maximum Gasteiger partial charge on any atom is 0.304 e. The Hall–Kier alpha value is -4.18. The van der Waals surface area contributed by atoms with Gasteiger partial charge in [0, 0.05) is 35.8 Å². The molecule has 1 N–H and O–H groups in total. The first-order valence-corrected chi connectivity index (χ1v) is 12.1. The van der Waals surface area contributed by atoms with Crippen molar-refractivity contribution in [3.63, 3.8) is 0 Å². The van der Waals surface area contributed by atoms with Gasteiger partial charge >= 0.3 is 5.97 Å². The highest BCUT2D eigenvalue weighted by molar-refractivity contribution is 7.14. The predicted molar refractivity (Wildman–Crippen MR) is 137 cm³/mol. The molecule has 2 aromatic heterocycles. The summed E-state index contributed by atoms with van der Waals surface area (Å²) in [5, 5.41) is 11.3. The molecule has 4 rings (SSSR count). The second-order valence-corrected chi connectivity index (χ2v) is 9.13. The fraction of sp³-hybridized carbons (Fsp3) is 0.185. The molecule has 7 nitrogen and oxygen atoms in total. The number of ether oxygens (including phenoxy) is 1. The van der Waals surface area contributed by atoms with Gasteiger partial charge in [-0.05, 0) is 35.7 Å². The molecular weight excluding hydrogens is 500 g/mol. The lowest BCUT2D eigenvalue weighted by Crippen LogP contribution is -2.35. The number of carboxylic acids is 1. The first-order valence-electron chi connectivity index (χ1n) is 11.3. The summed E-state index contributed by atoms with van der Waals surface area (Å²) >= 11 is 1.14. The number of halogens is 2. The molecule has 1 atom stereocenters. The molecule has 10 heteroatoms. The van der Waals surface area contributed by atoms with Gasteiger partial charge in [-0.15, -0.1) is 11.3 Å². The summed E-state index contributed by atoms with van der Waals surface area (Å²) in [6.45, 7) is 0. The zero-order chi connectivity index (χ0) is 26.5. The second kappa shape index (κ2) is 11.3. The molecule has 190 valence electrons. The number of rotatable bonds is 9. The Balaban J connectivity index is 1.65. The topological polar surface area (TPSA) is 92.6 Å². The van der Waals surface area contributed by atoms with Gasteiger partial charge in [0.2, 0.25) is 11.8 Å². The molecule has 0 unspecified atom stereocenters. The number of hydrogen-bond donors (Lipinski definition) is 1. The number of hydrogen-bond acceptors (Lipinski definition) is 6. The van der Waals surface area contributed by atoms with E-state index in [-0.39, 0.29) is 12.8 Å². The fourth-order valence-electron chi connectivity index (χ4n) is 3.92. The van der Waals surface area contributed by atoms with Crippen molar-refractivity contribution in [3.05, 3.63) is 83.4 Å². The minimum absolute atomic E-state index is 0.256. The summed E-state index contributed by atoms with van der Waals surface area (Å²) < 4.78 is 33.5. The number of nitrogens with zero attached hydrogens (tertiary/aromatic N) is 3. The molecule has 4 aromatic rings. The van der Waals surface area contributed by atoms with Crippen LogP contribution in [-0.4, -0.2) is 41.1 Å². The van der Waals surface area contributed by atoms with E-state index in [9.17, 15) is 23.5 Å². The zero-order valence-electron chi connectivity index (χ0n) is 20.0. The van der Waals surface area contributed by atoms with E-state index in [0.29, 0.717) is 33.4 Å². The Kier molecular flexibility index (Phi) is 7.88. The van der Waals surface area contributed by atoms with Gasteiger partial charge in [0.05, 0.1) is 25.1 Å². The zero-order valence-corrected chi connectivity index (χ0v) is 20.8. The van der Waals surface area contributed by atoms with Crippen LogP contribution in [0.3, 0.4) is 0 Å². The number of benzene rings is 2. The number of thiazole rings is 1. The maximum atomic E-state index is 14.3. The number of carbonyl (C=O) groups excluding carboxylic acids is 1. The van der Waals surface area contributed by atoms with Crippen LogP contribution in [0, 0.1) is 17.6 Å². The van der Waals surface area contributed by atoms with E-state index >= 15 is 0 Å². The smallest absolute Gasteiger partial charge is 0.304 e. The largest absolute Gasteiger partial charge is 0.481 e. The van der Waals surface area contributed by atoms with Crippen LogP contribution in [0.5, 0.6) is 5.88 Å². The molecule has 0 saturated heterocycles. The molecule has 0 radical (unpaired) electrons. The molecule has 0 spiro atoms. The van der Waals surface area contributed by atoms with Gasteiger partial charge in [-0.25, -0.2) is 18.7 Å². The predicted octanol–water partition coefficient (Wildman–Crippen LogP) is 5.46. The quantitative estimate of drug-likeness (QED) is 0.313. The number of pyridine rings is 1. The number of aromatic nitrogens is 2. The molecule has 0 saturated carbocycles. The third-order valence-electron chi connectivity index (χ3n) is 5.80. The van der Waals surface area contributed by atoms with Crippen LogP contribution >= 0.6 is 11.3 Å². The highest BCUT2D eigenvalue weighted by Crippen LogP contribution is 2.36. The van der Waals surface area contributed by atoms with Crippen LogP contribution < -0.4 is 9.64 Å². The summed E-state index contributed by atoms with van der Waals surface area (Å²) in [6.07, 6.45) is 1.40. The lowest BCUT2D eigenvalue weighted by atomic mass is 9.95. The number of carboxylic acid groups (broad SMARTS) is 1. The summed E-state index contributed by atoms with van der Waals surface area (Å²) in [6, 6.07) is 14.6. The second-order valence-electron chi connectivity index (χ2n) is 8.30. The van der Waals surface area contributed by atoms with Crippen molar-refractivity contribution in [2.45, 2.75) is 12.8 Å². The van der Waals surface area contributed by atoms with Crippen molar-refractivity contribution in [2.24, 2.45) is 5.92 Å². The van der Waals surface area contributed by atoms with Crippen molar-refractivity contribution in [1.29, 1.82) is 0 Å². The highest BCUT2D eigenvalue weighted by Gasteiger charge is 2.28. The first kappa shape index (κ1) is 25.9. The average Bonchev–Trinajstić information content (AvgIpc) is 3.39. The molecule has 37 heavy (non-hydrogen) atoms. The Morgan fingerprint density at radius 3 is 2.41 bits per heavy atom. The minimum atomic E-state index is -1.08. The van der Waals surface area contributed by atoms with E-state index < -0.39 is 29.4 Å². The van der Waals surface area contributed by atoms with E-state index in [1.54, 1.807) is 17.5 Å². The Labute approximate surface area is 216 Å². The summed E-state index contributed by atoms with van der Waals surface area (Å²) in [4.78, 5) is 34.7. The average molecular weight is 524 g/mol. The molecular formula is C27H23F2N3O4S. The molecule has 0 aliphatic heterocycles. The maximum absolute atomic E-state index is 14.3. The number of amides is 1. The van der Waals surface area contributed by atoms with Crippen LogP contribution in [0.1, 0.15) is 12.0 Å². The molecule has 0 aliphatic rings. The van der Waals surface area contributed by atoms with Crippen LogP contribution in [0.2, 0.25) is 0 Å². The van der Waals surface area contributed by atoms with Crippen molar-refractivity contribution in [2.75, 3.05) is 19.1 Å². The lowest BCUT2D eigenvalue weighted by Gasteiger charge is -2.21. The Morgan fingerprint density at radius 1 is 1.08 bits per heavy atom. The Morgan fingerprint density at radius 2 is 1.78 bits per heavy atom. The van der Waals surface area contributed by atoms with E-state index in [2.05, 4.69) is 9.97 Å². The van der Waals surface area contributed by atoms with Gasteiger partial charge in [-0.3, -0.25) is 14.5 Å². The third kappa shape index (κ3) is 5.97. The number of methoxy groups -OCH3 is 1. The molecule has 0 bridgehead atoms. The SMILES string of the molecule is COc1ccc(-c2cc(F)c(F)cc2-c2csc(N(C)C(=O)[C@@H](CC(=O)O)Cc3ccccc3)n2)cn1.